The van der Waals surface area contributed by atoms with Crippen molar-refractivity contribution < 1.29 is 24.5 Å². The molecule has 0 aromatic heterocycles. The standard InChI is InChI=1S/C17H16ClNO5/c18-14-7-3-4-8-15(14)24-10-11(20)9-19-16(21)12-5-1-2-6-13(12)17(22)23/h1-8,11,20H,9-10H2,(H,19,21)(H,22,23)/p-1/t11-/m1/s1. The highest BCUT2D eigenvalue weighted by atomic mass is 35.5. The van der Waals surface area contributed by atoms with E-state index in [-0.39, 0.29) is 24.3 Å². The summed E-state index contributed by atoms with van der Waals surface area (Å²) < 4.78 is 5.36. The molecular weight excluding hydrogens is 334 g/mol. The van der Waals surface area contributed by atoms with Crippen molar-refractivity contribution in [2.24, 2.45) is 0 Å². The van der Waals surface area contributed by atoms with Crippen molar-refractivity contribution in [3.8, 4) is 5.75 Å². The Balaban J connectivity index is 1.88. The molecule has 0 unspecified atom stereocenters. The van der Waals surface area contributed by atoms with Crippen molar-refractivity contribution in [1.82, 2.24) is 5.32 Å². The molecule has 0 aliphatic heterocycles. The number of carboxylic acid groups (broad SMARTS) is 1. The third kappa shape index (κ3) is 4.71. The van der Waals surface area contributed by atoms with Gasteiger partial charge in [0.25, 0.3) is 5.91 Å². The third-order valence-corrected chi connectivity index (χ3v) is 3.47. The minimum atomic E-state index is -1.44. The minimum Gasteiger partial charge on any atom is -0.545 e. The second-order valence-corrected chi connectivity index (χ2v) is 5.35. The van der Waals surface area contributed by atoms with Gasteiger partial charge in [-0.15, -0.1) is 0 Å². The molecule has 1 atom stereocenters. The predicted octanol–water partition coefficient (Wildman–Crippen LogP) is 0.873. The van der Waals surface area contributed by atoms with Gasteiger partial charge in [0.15, 0.2) is 0 Å². The molecule has 0 saturated heterocycles. The zero-order valence-electron chi connectivity index (χ0n) is 12.6. The van der Waals surface area contributed by atoms with Crippen LogP contribution < -0.4 is 15.2 Å². The lowest BCUT2D eigenvalue weighted by molar-refractivity contribution is -0.255. The van der Waals surface area contributed by atoms with E-state index in [9.17, 15) is 19.8 Å². The van der Waals surface area contributed by atoms with Gasteiger partial charge in [-0.2, -0.15) is 0 Å². The number of nitrogens with one attached hydrogen (secondary N) is 1. The van der Waals surface area contributed by atoms with Gasteiger partial charge in [-0.1, -0.05) is 41.9 Å². The Labute approximate surface area is 143 Å². The minimum absolute atomic E-state index is 0.0308. The van der Waals surface area contributed by atoms with Crippen molar-refractivity contribution in [2.45, 2.75) is 6.10 Å². The first-order chi connectivity index (χ1) is 11.5. The molecule has 0 aliphatic rings. The molecule has 0 spiro atoms. The maximum Gasteiger partial charge on any atom is 0.252 e. The summed E-state index contributed by atoms with van der Waals surface area (Å²) in [6, 6.07) is 12.5. The molecule has 6 nitrogen and oxygen atoms in total. The number of hydrogen-bond donors (Lipinski definition) is 2. The van der Waals surface area contributed by atoms with Crippen LogP contribution in [0.15, 0.2) is 48.5 Å². The van der Waals surface area contributed by atoms with Crippen LogP contribution in [0.3, 0.4) is 0 Å². The number of halogens is 1. The Morgan fingerprint density at radius 3 is 2.42 bits per heavy atom. The van der Waals surface area contributed by atoms with Crippen LogP contribution >= 0.6 is 11.6 Å². The zero-order valence-corrected chi connectivity index (χ0v) is 13.3. The highest BCUT2D eigenvalue weighted by Gasteiger charge is 2.13. The Hall–Kier alpha value is -2.57. The molecule has 0 bridgehead atoms. The molecule has 0 aliphatic carbocycles. The fraction of sp³-hybridized carbons (Fsp3) is 0.176. The van der Waals surface area contributed by atoms with Gasteiger partial charge in [0.05, 0.1) is 11.0 Å². The first-order valence-corrected chi connectivity index (χ1v) is 7.51. The summed E-state index contributed by atoms with van der Waals surface area (Å²) in [4.78, 5) is 23.0. The van der Waals surface area contributed by atoms with E-state index in [2.05, 4.69) is 5.32 Å². The summed E-state index contributed by atoms with van der Waals surface area (Å²) in [5.74, 6) is -1.64. The van der Waals surface area contributed by atoms with Crippen LogP contribution in [0.4, 0.5) is 0 Å². The van der Waals surface area contributed by atoms with Gasteiger partial charge in [0.1, 0.15) is 18.5 Å². The van der Waals surface area contributed by atoms with Crippen LogP contribution in [-0.2, 0) is 0 Å². The van der Waals surface area contributed by atoms with Crippen molar-refractivity contribution in [3.63, 3.8) is 0 Å². The third-order valence-electron chi connectivity index (χ3n) is 3.16. The SMILES string of the molecule is O=C([O-])c1ccccc1C(=O)NC[C@@H](O)COc1ccccc1Cl. The Morgan fingerprint density at radius 1 is 1.12 bits per heavy atom. The molecule has 2 rings (SSSR count). The number of aromatic carboxylic acids is 1. The monoisotopic (exact) mass is 348 g/mol. The van der Waals surface area contributed by atoms with Crippen LogP contribution in [0.25, 0.3) is 0 Å². The molecule has 2 N–H and O–H groups in total. The number of rotatable bonds is 7. The van der Waals surface area contributed by atoms with Gasteiger partial charge in [-0.05, 0) is 18.2 Å². The van der Waals surface area contributed by atoms with Crippen LogP contribution in [-0.4, -0.2) is 36.2 Å². The lowest BCUT2D eigenvalue weighted by atomic mass is 10.1. The zero-order chi connectivity index (χ0) is 17.5. The topological polar surface area (TPSA) is 98.7 Å². The Kier molecular flexibility index (Phi) is 6.17. The van der Waals surface area contributed by atoms with E-state index in [4.69, 9.17) is 16.3 Å². The van der Waals surface area contributed by atoms with Crippen molar-refractivity contribution in [3.05, 3.63) is 64.7 Å². The van der Waals surface area contributed by atoms with Gasteiger partial charge < -0.3 is 25.1 Å². The van der Waals surface area contributed by atoms with Crippen LogP contribution in [0.1, 0.15) is 20.7 Å². The number of ether oxygens (including phenoxy) is 1. The first-order valence-electron chi connectivity index (χ1n) is 7.13. The molecule has 0 heterocycles. The van der Waals surface area contributed by atoms with E-state index >= 15 is 0 Å². The number of amides is 1. The maximum atomic E-state index is 12.0. The second-order valence-electron chi connectivity index (χ2n) is 4.94. The summed E-state index contributed by atoms with van der Waals surface area (Å²) in [5, 5.41) is 23.7. The molecule has 2 aromatic carbocycles. The van der Waals surface area contributed by atoms with Gasteiger partial charge in [0.2, 0.25) is 0 Å². The summed E-state index contributed by atoms with van der Waals surface area (Å²) in [5.41, 5.74) is -0.242. The highest BCUT2D eigenvalue weighted by molar-refractivity contribution is 6.32. The molecule has 1 amide bonds. The van der Waals surface area contributed by atoms with Gasteiger partial charge in [-0.3, -0.25) is 4.79 Å². The average Bonchev–Trinajstić information content (AvgIpc) is 2.59. The van der Waals surface area contributed by atoms with Gasteiger partial charge in [-0.25, -0.2) is 0 Å². The van der Waals surface area contributed by atoms with E-state index in [1.54, 1.807) is 24.3 Å². The molecule has 0 radical (unpaired) electrons. The second kappa shape index (κ2) is 8.33. The van der Waals surface area contributed by atoms with E-state index in [0.717, 1.165) is 0 Å². The number of aliphatic hydroxyl groups excluding tert-OH is 1. The largest absolute Gasteiger partial charge is 0.545 e. The summed E-state index contributed by atoms with van der Waals surface area (Å²) >= 11 is 5.92. The number of para-hydroxylation sites is 1. The molecule has 2 aromatic rings. The quantitative estimate of drug-likeness (QED) is 0.773. The molecule has 7 heteroatoms. The molecular formula is C17H15ClNO5-. The van der Waals surface area contributed by atoms with E-state index in [0.29, 0.717) is 10.8 Å². The summed E-state index contributed by atoms with van der Waals surface area (Å²) in [6.45, 7) is -0.184. The molecule has 126 valence electrons. The van der Waals surface area contributed by atoms with Crippen LogP contribution in [0, 0.1) is 0 Å². The van der Waals surface area contributed by atoms with Crippen LogP contribution in [0.2, 0.25) is 5.02 Å². The van der Waals surface area contributed by atoms with Crippen molar-refractivity contribution in [2.75, 3.05) is 13.2 Å². The van der Waals surface area contributed by atoms with E-state index < -0.39 is 18.0 Å². The number of carbonyl (C=O) groups excluding carboxylic acids is 2. The Bertz CT molecular complexity index is 734. The number of hydrogen-bond acceptors (Lipinski definition) is 5. The first kappa shape index (κ1) is 17.8. The highest BCUT2D eigenvalue weighted by Crippen LogP contribution is 2.23. The molecule has 0 saturated carbocycles. The van der Waals surface area contributed by atoms with Gasteiger partial charge >= 0.3 is 0 Å². The molecule has 24 heavy (non-hydrogen) atoms. The Morgan fingerprint density at radius 2 is 1.75 bits per heavy atom. The smallest absolute Gasteiger partial charge is 0.252 e. The predicted molar refractivity (Wildman–Crippen MR) is 86.1 cm³/mol. The maximum absolute atomic E-state index is 12.0. The van der Waals surface area contributed by atoms with E-state index in [1.807, 2.05) is 0 Å². The van der Waals surface area contributed by atoms with Gasteiger partial charge in [0, 0.05) is 17.7 Å². The number of benzene rings is 2. The summed E-state index contributed by atoms with van der Waals surface area (Å²) in [7, 11) is 0. The fourth-order valence-electron chi connectivity index (χ4n) is 1.97. The normalized spacial score (nSPS) is 11.6. The number of aliphatic hydroxyl groups is 1. The lowest BCUT2D eigenvalue weighted by Crippen LogP contribution is -2.36. The number of carboxylic acids is 1. The lowest BCUT2D eigenvalue weighted by Gasteiger charge is -2.15. The molecule has 0 fully saturated rings. The number of carbonyl (C=O) groups is 2. The summed E-state index contributed by atoms with van der Waals surface area (Å²) in [6.07, 6.45) is -0.986. The fourth-order valence-corrected chi connectivity index (χ4v) is 2.16. The van der Waals surface area contributed by atoms with Crippen LogP contribution in [0.5, 0.6) is 5.75 Å². The van der Waals surface area contributed by atoms with Crippen molar-refractivity contribution in [1.29, 1.82) is 0 Å². The van der Waals surface area contributed by atoms with Crippen molar-refractivity contribution >= 4 is 23.5 Å². The van der Waals surface area contributed by atoms with E-state index in [1.165, 1.54) is 24.3 Å². The average molecular weight is 349 g/mol.